The molecule has 0 radical (unpaired) electrons. The van der Waals surface area contributed by atoms with E-state index in [0.29, 0.717) is 12.3 Å². The predicted octanol–water partition coefficient (Wildman–Crippen LogP) is 1.14. The van der Waals surface area contributed by atoms with E-state index in [1.165, 1.54) is 0 Å². The minimum atomic E-state index is -0.188. The quantitative estimate of drug-likeness (QED) is 0.616. The smallest absolute Gasteiger partial charge is 0.221 e. The van der Waals surface area contributed by atoms with E-state index >= 15 is 0 Å². The van der Waals surface area contributed by atoms with Gasteiger partial charge in [0.1, 0.15) is 0 Å². The van der Waals surface area contributed by atoms with Crippen molar-refractivity contribution in [3.05, 3.63) is 0 Å². The summed E-state index contributed by atoms with van der Waals surface area (Å²) in [6.45, 7) is 2.07. The molecule has 1 aliphatic rings. The lowest BCUT2D eigenvalue weighted by Gasteiger charge is -2.20. The van der Waals surface area contributed by atoms with Crippen LogP contribution in [0.15, 0.2) is 0 Å². The molecule has 0 aromatic heterocycles. The molecule has 0 saturated carbocycles. The van der Waals surface area contributed by atoms with E-state index < -0.39 is 0 Å². The summed E-state index contributed by atoms with van der Waals surface area (Å²) in [4.78, 5) is 10.5. The van der Waals surface area contributed by atoms with Crippen molar-refractivity contribution >= 4 is 16.8 Å². The maximum atomic E-state index is 10.5. The van der Waals surface area contributed by atoms with E-state index in [1.807, 2.05) is 0 Å². The molecule has 0 spiro atoms. The third-order valence-electron chi connectivity index (χ3n) is 1.91. The van der Waals surface area contributed by atoms with Gasteiger partial charge in [0.15, 0.2) is 0 Å². The van der Waals surface area contributed by atoms with Gasteiger partial charge in [0.05, 0.1) is 0 Å². The molecule has 0 aromatic rings. The summed E-state index contributed by atoms with van der Waals surface area (Å²) in [5.41, 5.74) is 0. The Labute approximate surface area is 65.9 Å². The molecular formula is C7H12ClNO. The van der Waals surface area contributed by atoms with E-state index in [-0.39, 0.29) is 5.24 Å². The van der Waals surface area contributed by atoms with Gasteiger partial charge in [-0.1, -0.05) is 0 Å². The van der Waals surface area contributed by atoms with Gasteiger partial charge in [-0.15, -0.1) is 0 Å². The Morgan fingerprint density at radius 2 is 2.10 bits per heavy atom. The monoisotopic (exact) mass is 161 g/mol. The molecule has 0 amide bonds. The van der Waals surface area contributed by atoms with Crippen molar-refractivity contribution < 1.29 is 4.79 Å². The van der Waals surface area contributed by atoms with E-state index in [0.717, 1.165) is 25.9 Å². The lowest BCUT2D eigenvalue weighted by Crippen LogP contribution is -2.28. The van der Waals surface area contributed by atoms with Gasteiger partial charge >= 0.3 is 0 Å². The highest BCUT2D eigenvalue weighted by Crippen LogP contribution is 2.16. The minimum Gasteiger partial charge on any atom is -0.317 e. The Bertz CT molecular complexity index is 121. The van der Waals surface area contributed by atoms with Crippen LogP contribution in [0.2, 0.25) is 0 Å². The van der Waals surface area contributed by atoms with Crippen LogP contribution in [-0.4, -0.2) is 18.3 Å². The third-order valence-corrected chi connectivity index (χ3v) is 2.06. The predicted molar refractivity (Wildman–Crippen MR) is 41.1 cm³/mol. The molecule has 0 atom stereocenters. The Morgan fingerprint density at radius 3 is 2.60 bits per heavy atom. The summed E-state index contributed by atoms with van der Waals surface area (Å²) in [6, 6.07) is 0. The molecule has 3 heteroatoms. The van der Waals surface area contributed by atoms with Crippen molar-refractivity contribution in [2.45, 2.75) is 19.3 Å². The first kappa shape index (κ1) is 8.02. The van der Waals surface area contributed by atoms with Gasteiger partial charge in [0.2, 0.25) is 5.24 Å². The van der Waals surface area contributed by atoms with Gasteiger partial charge < -0.3 is 5.32 Å². The second kappa shape index (κ2) is 3.94. The maximum absolute atomic E-state index is 10.5. The second-order valence-electron chi connectivity index (χ2n) is 2.75. The van der Waals surface area contributed by atoms with Gasteiger partial charge in [0, 0.05) is 6.42 Å². The topological polar surface area (TPSA) is 29.1 Å². The largest absolute Gasteiger partial charge is 0.317 e. The number of hydrogen-bond acceptors (Lipinski definition) is 2. The molecule has 1 saturated heterocycles. The third kappa shape index (κ3) is 2.67. The number of carbonyl (C=O) groups excluding carboxylic acids is 1. The van der Waals surface area contributed by atoms with Gasteiger partial charge in [0.25, 0.3) is 0 Å². The maximum Gasteiger partial charge on any atom is 0.221 e. The molecule has 2 nitrogen and oxygen atoms in total. The van der Waals surface area contributed by atoms with Gasteiger partial charge in [-0.2, -0.15) is 0 Å². The zero-order valence-corrected chi connectivity index (χ0v) is 6.66. The minimum absolute atomic E-state index is 0.188. The molecule has 1 aliphatic heterocycles. The van der Waals surface area contributed by atoms with Crippen molar-refractivity contribution in [1.29, 1.82) is 0 Å². The Kier molecular flexibility index (Phi) is 3.16. The average Bonchev–Trinajstić information content (AvgIpc) is 1.88. The van der Waals surface area contributed by atoms with Crippen LogP contribution in [0.5, 0.6) is 0 Å². The molecule has 0 bridgehead atoms. The normalized spacial score (nSPS) is 20.9. The highest BCUT2D eigenvalue weighted by Gasteiger charge is 2.14. The van der Waals surface area contributed by atoms with Crippen LogP contribution >= 0.6 is 11.6 Å². The van der Waals surface area contributed by atoms with Crippen molar-refractivity contribution in [3.8, 4) is 0 Å². The van der Waals surface area contributed by atoms with Crippen LogP contribution in [0.3, 0.4) is 0 Å². The zero-order valence-electron chi connectivity index (χ0n) is 5.90. The number of rotatable bonds is 2. The summed E-state index contributed by atoms with van der Waals surface area (Å²) in [5, 5.41) is 3.05. The zero-order chi connectivity index (χ0) is 7.40. The average molecular weight is 162 g/mol. The first-order valence-electron chi connectivity index (χ1n) is 3.68. The fourth-order valence-corrected chi connectivity index (χ4v) is 1.53. The second-order valence-corrected chi connectivity index (χ2v) is 3.17. The SMILES string of the molecule is O=C(Cl)CC1CCNCC1. The summed E-state index contributed by atoms with van der Waals surface area (Å²) in [7, 11) is 0. The van der Waals surface area contributed by atoms with E-state index in [9.17, 15) is 4.79 Å². The van der Waals surface area contributed by atoms with Gasteiger partial charge in [-0.05, 0) is 43.5 Å². The molecule has 1 rings (SSSR count). The number of carbonyl (C=O) groups is 1. The van der Waals surface area contributed by atoms with Crippen LogP contribution in [0.25, 0.3) is 0 Å². The van der Waals surface area contributed by atoms with Crippen LogP contribution in [0.1, 0.15) is 19.3 Å². The number of piperidine rings is 1. The van der Waals surface area contributed by atoms with Crippen molar-refractivity contribution in [3.63, 3.8) is 0 Å². The molecule has 1 heterocycles. The highest BCUT2D eigenvalue weighted by molar-refractivity contribution is 6.63. The van der Waals surface area contributed by atoms with E-state index in [1.54, 1.807) is 0 Å². The first-order valence-corrected chi connectivity index (χ1v) is 4.06. The van der Waals surface area contributed by atoms with E-state index in [2.05, 4.69) is 5.32 Å². The fourth-order valence-electron chi connectivity index (χ4n) is 1.31. The summed E-state index contributed by atoms with van der Waals surface area (Å²) < 4.78 is 0. The molecule has 0 aromatic carbocycles. The van der Waals surface area contributed by atoms with Crippen LogP contribution in [-0.2, 0) is 4.79 Å². The lowest BCUT2D eigenvalue weighted by atomic mass is 9.95. The standard InChI is InChI=1S/C7H12ClNO/c8-7(10)5-6-1-3-9-4-2-6/h6,9H,1-5H2. The molecular weight excluding hydrogens is 150 g/mol. The number of halogens is 1. The van der Waals surface area contributed by atoms with Crippen molar-refractivity contribution in [1.82, 2.24) is 5.32 Å². The van der Waals surface area contributed by atoms with Gasteiger partial charge in [-0.25, -0.2) is 0 Å². The Hall–Kier alpha value is -0.0800. The lowest BCUT2D eigenvalue weighted by molar-refractivity contribution is -0.112. The number of nitrogens with one attached hydrogen (secondary N) is 1. The Balaban J connectivity index is 2.19. The molecule has 0 aliphatic carbocycles. The molecule has 10 heavy (non-hydrogen) atoms. The molecule has 58 valence electrons. The molecule has 1 fully saturated rings. The Morgan fingerprint density at radius 1 is 1.50 bits per heavy atom. The van der Waals surface area contributed by atoms with Crippen LogP contribution in [0, 0.1) is 5.92 Å². The molecule has 0 unspecified atom stereocenters. The summed E-state index contributed by atoms with van der Waals surface area (Å²) in [5.74, 6) is 0.534. The van der Waals surface area contributed by atoms with Crippen LogP contribution in [0.4, 0.5) is 0 Å². The van der Waals surface area contributed by atoms with Crippen molar-refractivity contribution in [2.24, 2.45) is 5.92 Å². The highest BCUT2D eigenvalue weighted by atomic mass is 35.5. The van der Waals surface area contributed by atoms with Crippen molar-refractivity contribution in [2.75, 3.05) is 13.1 Å². The fraction of sp³-hybridized carbons (Fsp3) is 0.857. The van der Waals surface area contributed by atoms with Gasteiger partial charge in [-0.3, -0.25) is 4.79 Å². The molecule has 1 N–H and O–H groups in total. The van der Waals surface area contributed by atoms with E-state index in [4.69, 9.17) is 11.6 Å². The van der Waals surface area contributed by atoms with Crippen LogP contribution < -0.4 is 5.32 Å². The first-order chi connectivity index (χ1) is 4.79. The summed E-state index contributed by atoms with van der Waals surface area (Å²) in [6.07, 6.45) is 2.75. The summed E-state index contributed by atoms with van der Waals surface area (Å²) >= 11 is 5.25. The number of hydrogen-bond donors (Lipinski definition) is 1.